The van der Waals surface area contributed by atoms with E-state index in [0.717, 1.165) is 0 Å². The molecule has 1 saturated heterocycles. The molecular formula is C28H60Cl8N8O12P4. The molecule has 0 spiro atoms. The Morgan fingerprint density at radius 3 is 1.55 bits per heavy atom. The van der Waals surface area contributed by atoms with Crippen molar-refractivity contribution in [3.8, 4) is 0 Å². The highest BCUT2D eigenvalue weighted by Crippen LogP contribution is 2.53. The van der Waals surface area contributed by atoms with Crippen LogP contribution in [0.25, 0.3) is 0 Å². The van der Waals surface area contributed by atoms with Crippen LogP contribution in [-0.4, -0.2) is 185 Å². The van der Waals surface area contributed by atoms with Gasteiger partial charge in [0.15, 0.2) is 6.29 Å². The molecule has 2 aliphatic heterocycles. The van der Waals surface area contributed by atoms with Gasteiger partial charge >= 0.3 is 30.7 Å². The first-order valence-electron chi connectivity index (χ1n) is 18.2. The third-order valence-electron chi connectivity index (χ3n) is 7.13. The van der Waals surface area contributed by atoms with E-state index < -0.39 is 43.2 Å². The molecule has 32 heteroatoms. The minimum Gasteiger partial charge on any atom is -0.378 e. The predicted octanol–water partition coefficient (Wildman–Crippen LogP) is 5.56. The number of alkyl halides is 8. The van der Waals surface area contributed by atoms with E-state index in [9.17, 15) is 28.2 Å². The fraction of sp³-hybridized carbons (Fsp3) is 0.929. The molecule has 5 unspecified atom stereocenters. The fourth-order valence-corrected chi connectivity index (χ4v) is 13.2. The summed E-state index contributed by atoms with van der Waals surface area (Å²) < 4.78 is 78.1. The van der Waals surface area contributed by atoms with E-state index in [1.54, 1.807) is 15.6 Å². The van der Waals surface area contributed by atoms with Gasteiger partial charge in [0.2, 0.25) is 0 Å². The summed E-state index contributed by atoms with van der Waals surface area (Å²) in [5.41, 5.74) is 11.0. The van der Waals surface area contributed by atoms with Crippen molar-refractivity contribution in [2.75, 3.05) is 126 Å². The van der Waals surface area contributed by atoms with Crippen molar-refractivity contribution in [1.82, 2.24) is 23.8 Å². The fourth-order valence-electron chi connectivity index (χ4n) is 4.30. The van der Waals surface area contributed by atoms with Gasteiger partial charge < -0.3 is 38.2 Å². The molecule has 0 aromatic heterocycles. The van der Waals surface area contributed by atoms with E-state index in [-0.39, 0.29) is 56.2 Å². The number of nitrogens with two attached hydrogens (primary N) is 2. The number of rotatable bonds is 28. The molecule has 2 aliphatic rings. The summed E-state index contributed by atoms with van der Waals surface area (Å²) in [6.45, 7) is 3.68. The Balaban J connectivity index is 0. The molecule has 8 N–H and O–H groups in total. The van der Waals surface area contributed by atoms with Gasteiger partial charge in [-0.1, -0.05) is 0 Å². The Morgan fingerprint density at radius 1 is 0.750 bits per heavy atom. The number of nitrogens with one attached hydrogen (secondary N) is 1. The van der Waals surface area contributed by atoms with Crippen molar-refractivity contribution in [3.05, 3.63) is 0 Å². The number of aldehydes is 1. The SMILES string of the molecule is NP(=O)(OCCC(O)O)N(CCCl)CCCl.NP(=O)(OCCC=O)N(CCCl)CCCl.O=P1(N(CCCl)CCCl)N=CCCO1.O=P1(N(CCCl)CCCl)NC(O)CCO1. The molecular weight excluding hydrogens is 1050 g/mol. The van der Waals surface area contributed by atoms with Gasteiger partial charge in [-0.05, 0) is 0 Å². The number of aliphatic hydroxyl groups excluding tert-OH is 2. The van der Waals surface area contributed by atoms with E-state index in [4.69, 9.17) is 132 Å². The van der Waals surface area contributed by atoms with Crippen molar-refractivity contribution in [2.24, 2.45) is 15.8 Å². The third-order valence-corrected chi connectivity index (χ3v) is 16.4. The van der Waals surface area contributed by atoms with E-state index in [1.807, 2.05) is 0 Å². The van der Waals surface area contributed by atoms with Gasteiger partial charge in [-0.15, -0.1) is 92.8 Å². The zero-order chi connectivity index (χ0) is 46.1. The Hall–Kier alpha value is 2.02. The summed E-state index contributed by atoms with van der Waals surface area (Å²) >= 11 is 44.5. The lowest BCUT2D eigenvalue weighted by atomic mass is 10.4. The van der Waals surface area contributed by atoms with E-state index >= 15 is 0 Å². The molecule has 0 bridgehead atoms. The van der Waals surface area contributed by atoms with Crippen LogP contribution in [0.2, 0.25) is 0 Å². The average molecular weight is 1110 g/mol. The molecule has 0 radical (unpaired) electrons. The van der Waals surface area contributed by atoms with Crippen LogP contribution < -0.4 is 16.1 Å². The number of hydrogen-bond donors (Lipinski definition) is 6. The molecule has 360 valence electrons. The highest BCUT2D eigenvalue weighted by atomic mass is 35.5. The molecule has 0 aromatic rings. The summed E-state index contributed by atoms with van der Waals surface area (Å²) in [5.74, 6) is 2.53. The van der Waals surface area contributed by atoms with Crippen LogP contribution in [0.3, 0.4) is 0 Å². The Morgan fingerprint density at radius 2 is 1.18 bits per heavy atom. The summed E-state index contributed by atoms with van der Waals surface area (Å²) in [6, 6.07) is 0. The summed E-state index contributed by atoms with van der Waals surface area (Å²) in [6.07, 6.45) is 1.26. The first-order valence-corrected chi connectivity index (χ1v) is 28.9. The van der Waals surface area contributed by atoms with Crippen LogP contribution in [0.4, 0.5) is 0 Å². The molecule has 2 heterocycles. The highest BCUT2D eigenvalue weighted by Gasteiger charge is 2.37. The predicted molar refractivity (Wildman–Crippen MR) is 245 cm³/mol. The summed E-state index contributed by atoms with van der Waals surface area (Å²) in [7, 11) is -13.0. The normalized spacial score (nSPS) is 22.3. The van der Waals surface area contributed by atoms with E-state index in [1.165, 1.54) is 9.34 Å². The molecule has 2 rings (SSSR count). The molecule has 5 atom stereocenters. The lowest BCUT2D eigenvalue weighted by molar-refractivity contribution is -0.108. The summed E-state index contributed by atoms with van der Waals surface area (Å²) in [5, 5.41) is 29.1. The van der Waals surface area contributed by atoms with Crippen LogP contribution in [-0.2, 0) is 41.1 Å². The summed E-state index contributed by atoms with van der Waals surface area (Å²) in [4.78, 5) is 10.0. The zero-order valence-electron chi connectivity index (χ0n) is 33.0. The van der Waals surface area contributed by atoms with Crippen molar-refractivity contribution in [1.29, 1.82) is 0 Å². The maximum Gasteiger partial charge on any atom is 0.389 e. The lowest BCUT2D eigenvalue weighted by Gasteiger charge is -2.35. The van der Waals surface area contributed by atoms with Gasteiger partial charge in [0.1, 0.15) is 12.5 Å². The molecule has 0 aromatic carbocycles. The number of hydrogen-bond acceptors (Lipinski definition) is 12. The van der Waals surface area contributed by atoms with Crippen molar-refractivity contribution in [3.63, 3.8) is 0 Å². The van der Waals surface area contributed by atoms with E-state index in [2.05, 4.69) is 9.85 Å². The number of carbonyl (C=O) groups is 1. The lowest BCUT2D eigenvalue weighted by Crippen LogP contribution is -2.41. The van der Waals surface area contributed by atoms with Crippen LogP contribution in [0, 0.1) is 0 Å². The van der Waals surface area contributed by atoms with Crippen molar-refractivity contribution >= 4 is 136 Å². The Bertz CT molecular complexity index is 1310. The first-order chi connectivity index (χ1) is 28.4. The second-order valence-electron chi connectivity index (χ2n) is 11.5. The van der Waals surface area contributed by atoms with Crippen LogP contribution >= 0.6 is 123 Å². The van der Waals surface area contributed by atoms with Gasteiger partial charge in [-0.2, -0.15) is 0 Å². The molecule has 0 aliphatic carbocycles. The molecule has 60 heavy (non-hydrogen) atoms. The van der Waals surface area contributed by atoms with Gasteiger partial charge in [0, 0.05) is 131 Å². The topological polar surface area (TPSA) is 272 Å². The molecule has 20 nitrogen and oxygen atoms in total. The Kier molecular flexibility index (Phi) is 40.6. The number of nitrogens with zero attached hydrogens (tertiary/aromatic N) is 5. The highest BCUT2D eigenvalue weighted by molar-refractivity contribution is 7.55. The van der Waals surface area contributed by atoms with Crippen molar-refractivity contribution < 1.29 is 56.5 Å². The second-order valence-corrected chi connectivity index (χ2v) is 22.6. The third kappa shape index (κ3) is 28.9. The smallest absolute Gasteiger partial charge is 0.378 e. The molecule has 1 fully saturated rings. The molecule has 0 amide bonds. The second kappa shape index (κ2) is 38.0. The monoisotopic (exact) mass is 1100 g/mol. The van der Waals surface area contributed by atoms with Gasteiger partial charge in [-0.3, -0.25) is 13.7 Å². The minimum absolute atomic E-state index is 0.0400. The average Bonchev–Trinajstić information content (AvgIpc) is 3.18. The zero-order valence-corrected chi connectivity index (χ0v) is 42.6. The van der Waals surface area contributed by atoms with Crippen LogP contribution in [0.5, 0.6) is 0 Å². The molecule has 0 saturated carbocycles. The van der Waals surface area contributed by atoms with Crippen LogP contribution in [0.1, 0.15) is 25.7 Å². The van der Waals surface area contributed by atoms with Gasteiger partial charge in [0.25, 0.3) is 0 Å². The number of carbonyl (C=O) groups excluding carboxylic acids is 1. The van der Waals surface area contributed by atoms with Gasteiger partial charge in [0.05, 0.1) is 26.4 Å². The first kappa shape index (κ1) is 64.1. The van der Waals surface area contributed by atoms with Gasteiger partial charge in [-0.25, -0.2) is 44.1 Å². The quantitative estimate of drug-likeness (QED) is 0.0184. The standard InChI is InChI=1S/C7H17Cl2N2O4P.2C7H15Cl2N2O3P.C7H13Cl2N2O2P/c8-2-4-11(5-3-9)16(10,14)15-6-1-7(12)13;8-2-4-11(5-3-9)15(13)10-7(12)1-6-14-15;8-2-4-11(5-3-9)15(10,13)14-7-1-6-12;8-2-5-11(6-3-9)14(12)10-4-1-7-13-14/h7,12-13H,1-6H2,(H2,10,14);7,12H,1-6H2,(H,10,13);6H,1-5,7H2,(H2,10,13);4H,1-3,5-7H2. The van der Waals surface area contributed by atoms with Crippen molar-refractivity contribution in [2.45, 2.75) is 38.2 Å². The maximum atomic E-state index is 12.2. The Labute approximate surface area is 393 Å². The number of aliphatic hydroxyl groups is 3. The van der Waals surface area contributed by atoms with Crippen LogP contribution in [0.15, 0.2) is 4.76 Å². The maximum absolute atomic E-state index is 12.2. The largest absolute Gasteiger partial charge is 0.389 e. The van der Waals surface area contributed by atoms with E-state index in [0.29, 0.717) is 102 Å². The number of halogens is 8. The minimum atomic E-state index is -3.45.